The number of rotatable bonds is 3. The van der Waals surface area contributed by atoms with Crippen LogP contribution >= 0.6 is 0 Å². The van der Waals surface area contributed by atoms with Crippen LogP contribution < -0.4 is 0 Å². The van der Waals surface area contributed by atoms with Crippen LogP contribution in [0.1, 0.15) is 52.9 Å². The maximum absolute atomic E-state index is 11.0. The van der Waals surface area contributed by atoms with Gasteiger partial charge in [0.05, 0.1) is 0 Å². The molecule has 1 N–H and O–H groups in total. The van der Waals surface area contributed by atoms with E-state index < -0.39 is 5.97 Å². The van der Waals surface area contributed by atoms with Crippen molar-refractivity contribution in [2.75, 3.05) is 7.05 Å². The molecule has 0 heterocycles. The molecule has 0 amide bonds. The number of carbonyl (C=O) groups is 1. The van der Waals surface area contributed by atoms with Gasteiger partial charge in [-0.15, -0.1) is 0 Å². The van der Waals surface area contributed by atoms with Gasteiger partial charge >= 0.3 is 5.97 Å². The zero-order chi connectivity index (χ0) is 12.3. The maximum Gasteiger partial charge on any atom is 0.320 e. The van der Waals surface area contributed by atoms with E-state index in [4.69, 9.17) is 5.11 Å². The van der Waals surface area contributed by atoms with E-state index in [0.29, 0.717) is 11.5 Å². The molecule has 0 bridgehead atoms. The van der Waals surface area contributed by atoms with Gasteiger partial charge in [-0.3, -0.25) is 9.69 Å². The van der Waals surface area contributed by atoms with Gasteiger partial charge in [0.25, 0.3) is 0 Å². The Morgan fingerprint density at radius 1 is 1.38 bits per heavy atom. The molecule has 0 radical (unpaired) electrons. The van der Waals surface area contributed by atoms with Gasteiger partial charge in [-0.25, -0.2) is 0 Å². The zero-order valence-corrected chi connectivity index (χ0v) is 11.0. The van der Waals surface area contributed by atoms with E-state index in [0.717, 1.165) is 12.8 Å². The van der Waals surface area contributed by atoms with Crippen molar-refractivity contribution in [2.24, 2.45) is 5.41 Å². The molecule has 94 valence electrons. The molecule has 1 rings (SSSR count). The second-order valence-corrected chi connectivity index (χ2v) is 5.93. The summed E-state index contributed by atoms with van der Waals surface area (Å²) in [6.07, 6.45) is 5.94. The number of nitrogens with zero attached hydrogens (tertiary/aromatic N) is 1. The first-order chi connectivity index (χ1) is 7.33. The summed E-state index contributed by atoms with van der Waals surface area (Å²) in [4.78, 5) is 13.0. The van der Waals surface area contributed by atoms with Crippen LogP contribution in [0.2, 0.25) is 0 Å². The van der Waals surface area contributed by atoms with Crippen LogP contribution in [-0.2, 0) is 4.79 Å². The SMILES string of the molecule is CC(C(=O)O)N(C)C1CCCC(C)(C)CC1. The molecular weight excluding hydrogens is 202 g/mol. The predicted molar refractivity (Wildman–Crippen MR) is 65.5 cm³/mol. The highest BCUT2D eigenvalue weighted by Gasteiger charge is 2.29. The molecule has 1 saturated carbocycles. The Labute approximate surface area is 98.8 Å². The molecule has 0 spiro atoms. The Balaban J connectivity index is 2.57. The topological polar surface area (TPSA) is 40.5 Å². The third-order valence-corrected chi connectivity index (χ3v) is 4.09. The maximum atomic E-state index is 11.0. The summed E-state index contributed by atoms with van der Waals surface area (Å²) >= 11 is 0. The van der Waals surface area contributed by atoms with Gasteiger partial charge in [0.2, 0.25) is 0 Å². The minimum absolute atomic E-state index is 0.369. The van der Waals surface area contributed by atoms with Crippen molar-refractivity contribution in [2.45, 2.75) is 65.0 Å². The van der Waals surface area contributed by atoms with Gasteiger partial charge < -0.3 is 5.11 Å². The second-order valence-electron chi connectivity index (χ2n) is 5.93. The van der Waals surface area contributed by atoms with E-state index in [1.54, 1.807) is 6.92 Å². The summed E-state index contributed by atoms with van der Waals surface area (Å²) in [5.41, 5.74) is 0.433. The van der Waals surface area contributed by atoms with Gasteiger partial charge in [-0.2, -0.15) is 0 Å². The fourth-order valence-electron chi connectivity index (χ4n) is 2.54. The first-order valence-electron chi connectivity index (χ1n) is 6.28. The Morgan fingerprint density at radius 2 is 2.00 bits per heavy atom. The van der Waals surface area contributed by atoms with Gasteiger partial charge in [0.1, 0.15) is 6.04 Å². The summed E-state index contributed by atoms with van der Waals surface area (Å²) < 4.78 is 0. The van der Waals surface area contributed by atoms with Crippen LogP contribution in [0, 0.1) is 5.41 Å². The van der Waals surface area contributed by atoms with E-state index in [9.17, 15) is 4.79 Å². The minimum atomic E-state index is -0.717. The van der Waals surface area contributed by atoms with E-state index in [2.05, 4.69) is 13.8 Å². The zero-order valence-electron chi connectivity index (χ0n) is 11.0. The van der Waals surface area contributed by atoms with Gasteiger partial charge in [0.15, 0.2) is 0 Å². The summed E-state index contributed by atoms with van der Waals surface area (Å²) in [5.74, 6) is -0.717. The highest BCUT2D eigenvalue weighted by atomic mass is 16.4. The van der Waals surface area contributed by atoms with E-state index >= 15 is 0 Å². The second kappa shape index (κ2) is 5.17. The van der Waals surface area contributed by atoms with Crippen molar-refractivity contribution < 1.29 is 9.90 Å². The van der Waals surface area contributed by atoms with Crippen molar-refractivity contribution >= 4 is 5.97 Å². The summed E-state index contributed by atoms with van der Waals surface area (Å²) in [5, 5.41) is 9.01. The lowest BCUT2D eigenvalue weighted by atomic mass is 9.85. The number of hydrogen-bond donors (Lipinski definition) is 1. The molecule has 0 aromatic carbocycles. The van der Waals surface area contributed by atoms with Crippen LogP contribution in [0.3, 0.4) is 0 Å². The molecule has 0 aromatic rings. The molecule has 2 unspecified atom stereocenters. The number of carboxylic acid groups (broad SMARTS) is 1. The first kappa shape index (κ1) is 13.5. The molecular formula is C13H25NO2. The third kappa shape index (κ3) is 3.48. The molecule has 16 heavy (non-hydrogen) atoms. The summed E-state index contributed by atoms with van der Waals surface area (Å²) in [6.45, 7) is 6.41. The normalized spacial score (nSPS) is 27.4. The Kier molecular flexibility index (Phi) is 4.36. The number of aliphatic carboxylic acids is 1. The standard InChI is InChI=1S/C13H25NO2/c1-10(12(15)16)14(4)11-6-5-8-13(2,3)9-7-11/h10-11H,5-9H2,1-4H3,(H,15,16). The van der Waals surface area contributed by atoms with Crippen LogP contribution in [0.4, 0.5) is 0 Å². The average Bonchev–Trinajstić information content (AvgIpc) is 2.37. The van der Waals surface area contributed by atoms with Crippen LogP contribution in [-0.4, -0.2) is 35.1 Å². The molecule has 1 aliphatic rings. The highest BCUT2D eigenvalue weighted by Crippen LogP contribution is 2.35. The molecule has 0 aromatic heterocycles. The van der Waals surface area contributed by atoms with E-state index in [-0.39, 0.29) is 6.04 Å². The van der Waals surface area contributed by atoms with Crippen molar-refractivity contribution in [3.05, 3.63) is 0 Å². The van der Waals surface area contributed by atoms with Crippen molar-refractivity contribution in [1.29, 1.82) is 0 Å². The fourth-order valence-corrected chi connectivity index (χ4v) is 2.54. The lowest BCUT2D eigenvalue weighted by Gasteiger charge is -2.30. The number of carboxylic acids is 1. The first-order valence-corrected chi connectivity index (χ1v) is 6.28. The molecule has 1 fully saturated rings. The fraction of sp³-hybridized carbons (Fsp3) is 0.923. The van der Waals surface area contributed by atoms with E-state index in [1.165, 1.54) is 19.3 Å². The Morgan fingerprint density at radius 3 is 2.56 bits per heavy atom. The Hall–Kier alpha value is -0.570. The van der Waals surface area contributed by atoms with Crippen LogP contribution in [0.25, 0.3) is 0 Å². The third-order valence-electron chi connectivity index (χ3n) is 4.09. The molecule has 0 aliphatic heterocycles. The van der Waals surface area contributed by atoms with Gasteiger partial charge in [-0.05, 0) is 45.1 Å². The molecule has 2 atom stereocenters. The Bertz CT molecular complexity index is 250. The van der Waals surface area contributed by atoms with Crippen molar-refractivity contribution in [3.8, 4) is 0 Å². The lowest BCUT2D eigenvalue weighted by Crippen LogP contribution is -2.42. The van der Waals surface area contributed by atoms with Crippen LogP contribution in [0.5, 0.6) is 0 Å². The average molecular weight is 227 g/mol. The summed E-state index contributed by atoms with van der Waals surface area (Å²) in [7, 11) is 1.95. The van der Waals surface area contributed by atoms with Gasteiger partial charge in [-0.1, -0.05) is 20.3 Å². The number of likely N-dealkylation sites (N-methyl/N-ethyl adjacent to an activating group) is 1. The molecule has 3 heteroatoms. The van der Waals surface area contributed by atoms with E-state index in [1.807, 2.05) is 11.9 Å². The summed E-state index contributed by atoms with van der Waals surface area (Å²) in [6, 6.07) is 0.0686. The van der Waals surface area contributed by atoms with Gasteiger partial charge in [0, 0.05) is 6.04 Å². The predicted octanol–water partition coefficient (Wildman–Crippen LogP) is 2.75. The van der Waals surface area contributed by atoms with Crippen molar-refractivity contribution in [3.63, 3.8) is 0 Å². The largest absolute Gasteiger partial charge is 0.480 e. The molecule has 3 nitrogen and oxygen atoms in total. The molecule has 1 aliphatic carbocycles. The monoisotopic (exact) mass is 227 g/mol. The van der Waals surface area contributed by atoms with Crippen LogP contribution in [0.15, 0.2) is 0 Å². The molecule has 0 saturated heterocycles. The lowest BCUT2D eigenvalue weighted by molar-refractivity contribution is -0.143. The quantitative estimate of drug-likeness (QED) is 0.754. The minimum Gasteiger partial charge on any atom is -0.480 e. The number of hydrogen-bond acceptors (Lipinski definition) is 2. The smallest absolute Gasteiger partial charge is 0.320 e. The highest BCUT2D eigenvalue weighted by molar-refractivity contribution is 5.72. The van der Waals surface area contributed by atoms with Crippen molar-refractivity contribution in [1.82, 2.24) is 4.90 Å².